The number of halogens is 2. The fourth-order valence-electron chi connectivity index (χ4n) is 2.35. The molecule has 0 aliphatic heterocycles. The quantitative estimate of drug-likeness (QED) is 0.403. The highest BCUT2D eigenvalue weighted by Gasteiger charge is 2.15. The van der Waals surface area contributed by atoms with Crippen LogP contribution in [0, 0.1) is 5.82 Å². The number of carbonyl (C=O) groups excluding carboxylic acids is 1. The maximum atomic E-state index is 13.6. The number of aliphatic hydroxyl groups excluding tert-OH is 1. The van der Waals surface area contributed by atoms with Gasteiger partial charge < -0.3 is 15.3 Å². The predicted molar refractivity (Wildman–Crippen MR) is 95.7 cm³/mol. The minimum atomic E-state index is -0.620. The maximum Gasteiger partial charge on any atom is 0.255 e. The van der Waals surface area contributed by atoms with Gasteiger partial charge in [0.05, 0.1) is 11.4 Å². The molecule has 0 aliphatic rings. The molecule has 146 valence electrons. The Hall–Kier alpha value is -3.08. The smallest absolute Gasteiger partial charge is 0.255 e. The van der Waals surface area contributed by atoms with Gasteiger partial charge in [-0.15, -0.1) is 5.10 Å². The largest absolute Gasteiger partial charge is 0.374 e. The number of aliphatic hydroxyl groups is 1. The first-order valence-electron chi connectivity index (χ1n) is 8.03. The number of pyridine rings is 1. The van der Waals surface area contributed by atoms with Crippen molar-refractivity contribution in [3.8, 4) is 17.3 Å². The van der Waals surface area contributed by atoms with Crippen LogP contribution in [0.3, 0.4) is 0 Å². The molecule has 3 rings (SSSR count). The summed E-state index contributed by atoms with van der Waals surface area (Å²) in [4.78, 5) is 24.2. The van der Waals surface area contributed by atoms with Crippen molar-refractivity contribution < 1.29 is 24.4 Å². The molecule has 2 aromatic heterocycles. The van der Waals surface area contributed by atoms with Gasteiger partial charge in [0.15, 0.2) is 5.82 Å². The summed E-state index contributed by atoms with van der Waals surface area (Å²) in [7, 11) is 0. The second-order valence-electron chi connectivity index (χ2n) is 5.67. The highest BCUT2D eigenvalue weighted by molar-refractivity contribution is 6.30. The van der Waals surface area contributed by atoms with Gasteiger partial charge in [0.1, 0.15) is 18.4 Å². The number of aromatic nitrogens is 4. The molecule has 11 heteroatoms. The van der Waals surface area contributed by atoms with Gasteiger partial charge in [0.25, 0.3) is 5.88 Å². The Bertz CT molecular complexity index is 980. The Morgan fingerprint density at radius 2 is 2.14 bits per heavy atom. The highest BCUT2D eigenvalue weighted by atomic mass is 35.5. The van der Waals surface area contributed by atoms with Crippen LogP contribution >= 0.6 is 11.6 Å². The molecule has 0 radical (unpaired) electrons. The van der Waals surface area contributed by atoms with E-state index in [4.69, 9.17) is 16.9 Å². The van der Waals surface area contributed by atoms with Gasteiger partial charge in [-0.3, -0.25) is 4.79 Å². The van der Waals surface area contributed by atoms with E-state index in [1.807, 2.05) is 0 Å². The van der Waals surface area contributed by atoms with Gasteiger partial charge in [-0.1, -0.05) is 17.7 Å². The number of carbonyl (C=O) groups is 1. The number of nitrogens with zero attached hydrogens (tertiary/aromatic N) is 4. The summed E-state index contributed by atoms with van der Waals surface area (Å²) < 4.78 is 14.8. The minimum Gasteiger partial charge on any atom is -0.374 e. The Labute approximate surface area is 163 Å². The van der Waals surface area contributed by atoms with Crippen molar-refractivity contribution in [1.82, 2.24) is 25.1 Å². The fourth-order valence-corrected chi connectivity index (χ4v) is 2.47. The molecule has 0 unspecified atom stereocenters. The Kier molecular flexibility index (Phi) is 6.14. The van der Waals surface area contributed by atoms with Crippen molar-refractivity contribution >= 4 is 17.5 Å². The zero-order chi connectivity index (χ0) is 20.1. The maximum absolute atomic E-state index is 13.6. The number of hydrogen-bond acceptors (Lipinski definition) is 7. The van der Waals surface area contributed by atoms with Crippen LogP contribution in [0.25, 0.3) is 11.4 Å². The zero-order valence-corrected chi connectivity index (χ0v) is 15.1. The molecule has 0 spiro atoms. The average Bonchev–Trinajstić information content (AvgIpc) is 3.11. The number of nitrogens with one attached hydrogen (secondary N) is 1. The first kappa shape index (κ1) is 19.7. The first-order valence-corrected chi connectivity index (χ1v) is 8.41. The number of hydrogen-bond donors (Lipinski definition) is 3. The number of benzene rings is 1. The topological polar surface area (TPSA) is 122 Å². The van der Waals surface area contributed by atoms with E-state index in [1.165, 1.54) is 24.4 Å². The summed E-state index contributed by atoms with van der Waals surface area (Å²) >= 11 is 5.67. The monoisotopic (exact) mass is 407 g/mol. The van der Waals surface area contributed by atoms with Crippen LogP contribution in [0.15, 0.2) is 36.5 Å². The summed E-state index contributed by atoms with van der Waals surface area (Å²) in [6.45, 7) is -0.293. The molecular weight excluding hydrogens is 393 g/mol. The fraction of sp³-hybridized carbons (Fsp3) is 0.176. The predicted octanol–water partition coefficient (Wildman–Crippen LogP) is 1.79. The van der Waals surface area contributed by atoms with E-state index in [1.54, 1.807) is 12.1 Å². The van der Waals surface area contributed by atoms with Crippen molar-refractivity contribution in [2.24, 2.45) is 0 Å². The number of rotatable bonds is 7. The van der Waals surface area contributed by atoms with Crippen LogP contribution in [0.1, 0.15) is 11.4 Å². The molecule has 0 saturated heterocycles. The molecular formula is C17H15ClFN5O4. The third kappa shape index (κ3) is 4.60. The second kappa shape index (κ2) is 8.74. The van der Waals surface area contributed by atoms with E-state index in [0.717, 1.165) is 4.68 Å². The Balaban J connectivity index is 1.67. The molecule has 0 fully saturated rings. The van der Waals surface area contributed by atoms with E-state index in [2.05, 4.69) is 25.3 Å². The molecule has 2 heterocycles. The first-order chi connectivity index (χ1) is 13.5. The lowest BCUT2D eigenvalue weighted by Crippen LogP contribution is -2.26. The average molecular weight is 408 g/mol. The van der Waals surface area contributed by atoms with E-state index < -0.39 is 12.5 Å². The zero-order valence-electron chi connectivity index (χ0n) is 14.3. The van der Waals surface area contributed by atoms with Gasteiger partial charge in [0, 0.05) is 24.4 Å². The summed E-state index contributed by atoms with van der Waals surface area (Å²) in [6.07, 6.45) is 1.30. The summed E-state index contributed by atoms with van der Waals surface area (Å²) in [6, 6.07) is 7.16. The third-order valence-electron chi connectivity index (χ3n) is 3.76. The molecule has 0 aliphatic carbocycles. The molecule has 1 amide bonds. The second-order valence-corrected chi connectivity index (χ2v) is 6.08. The molecule has 3 aromatic rings. The van der Waals surface area contributed by atoms with E-state index in [-0.39, 0.29) is 41.4 Å². The normalized spacial score (nSPS) is 10.7. The van der Waals surface area contributed by atoms with Crippen molar-refractivity contribution in [3.63, 3.8) is 0 Å². The standard InChI is InChI=1S/C17H15ClFN5O4/c18-12-3-2-11(5-13(12)19)17-22-14(24(9-25)23-17)6-15(26)20-7-10-1-4-16(28-27)21-8-10/h1-5,8,25,27H,6-7,9H2,(H,20,26). The molecule has 0 bridgehead atoms. The summed E-state index contributed by atoms with van der Waals surface area (Å²) in [5.41, 5.74) is 1.06. The van der Waals surface area contributed by atoms with Crippen LogP contribution in [-0.2, 0) is 24.5 Å². The van der Waals surface area contributed by atoms with Crippen LogP contribution in [0.4, 0.5) is 4.39 Å². The van der Waals surface area contributed by atoms with Crippen molar-refractivity contribution in [2.45, 2.75) is 19.7 Å². The lowest BCUT2D eigenvalue weighted by molar-refractivity contribution is -0.141. The van der Waals surface area contributed by atoms with E-state index in [9.17, 15) is 14.3 Å². The van der Waals surface area contributed by atoms with E-state index in [0.29, 0.717) is 11.1 Å². The van der Waals surface area contributed by atoms with Gasteiger partial charge in [-0.05, 0) is 23.8 Å². The SMILES string of the molecule is O=C(Cc1nc(-c2ccc(Cl)c(F)c2)nn1CO)NCc1ccc(OO)nc1. The van der Waals surface area contributed by atoms with Gasteiger partial charge in [-0.25, -0.2) is 24.3 Å². The lowest BCUT2D eigenvalue weighted by Gasteiger charge is -2.05. The minimum absolute atomic E-state index is 0.0296. The summed E-state index contributed by atoms with van der Waals surface area (Å²) in [5, 5.41) is 24.6. The Morgan fingerprint density at radius 3 is 2.79 bits per heavy atom. The van der Waals surface area contributed by atoms with Gasteiger partial charge in [0.2, 0.25) is 5.91 Å². The number of amides is 1. The van der Waals surface area contributed by atoms with Gasteiger partial charge >= 0.3 is 0 Å². The molecule has 0 saturated carbocycles. The van der Waals surface area contributed by atoms with Crippen LogP contribution in [0.5, 0.6) is 5.88 Å². The van der Waals surface area contributed by atoms with Crippen molar-refractivity contribution in [2.75, 3.05) is 0 Å². The lowest BCUT2D eigenvalue weighted by atomic mass is 10.2. The third-order valence-corrected chi connectivity index (χ3v) is 4.07. The van der Waals surface area contributed by atoms with Crippen molar-refractivity contribution in [1.29, 1.82) is 0 Å². The van der Waals surface area contributed by atoms with Gasteiger partial charge in [-0.2, -0.15) is 0 Å². The molecule has 1 aromatic carbocycles. The molecule has 0 atom stereocenters. The van der Waals surface area contributed by atoms with Crippen LogP contribution in [-0.4, -0.2) is 36.0 Å². The molecule has 9 nitrogen and oxygen atoms in total. The molecule has 3 N–H and O–H groups in total. The Morgan fingerprint density at radius 1 is 1.32 bits per heavy atom. The summed E-state index contributed by atoms with van der Waals surface area (Å²) in [5.74, 6) is -0.565. The van der Waals surface area contributed by atoms with Crippen LogP contribution < -0.4 is 10.2 Å². The highest BCUT2D eigenvalue weighted by Crippen LogP contribution is 2.22. The molecule has 28 heavy (non-hydrogen) atoms. The van der Waals surface area contributed by atoms with Crippen molar-refractivity contribution in [3.05, 3.63) is 58.8 Å². The van der Waals surface area contributed by atoms with E-state index >= 15 is 0 Å². The van der Waals surface area contributed by atoms with Crippen LogP contribution in [0.2, 0.25) is 5.02 Å².